The Morgan fingerprint density at radius 1 is 1.19 bits per heavy atom. The van der Waals surface area contributed by atoms with Gasteiger partial charge in [-0.3, -0.25) is 4.90 Å². The molecule has 1 unspecified atom stereocenters. The maximum Gasteiger partial charge on any atom is 0.160 e. The van der Waals surface area contributed by atoms with Crippen LogP contribution in [0.15, 0.2) is 42.5 Å². The number of ether oxygens (including phenoxy) is 2. The average Bonchev–Trinajstić information content (AvgIpc) is 2.63. The summed E-state index contributed by atoms with van der Waals surface area (Å²) in [7, 11) is 1.52. The van der Waals surface area contributed by atoms with E-state index in [1.165, 1.54) is 19.2 Å². The fourth-order valence-corrected chi connectivity index (χ4v) is 3.29. The van der Waals surface area contributed by atoms with Crippen molar-refractivity contribution in [3.05, 3.63) is 53.8 Å². The molecule has 1 heterocycles. The zero-order chi connectivity index (χ0) is 18.6. The maximum atomic E-state index is 13.0. The van der Waals surface area contributed by atoms with Crippen molar-refractivity contribution in [3.8, 4) is 17.2 Å². The molecule has 6 heteroatoms. The van der Waals surface area contributed by atoms with Gasteiger partial charge in [-0.15, -0.1) is 0 Å². The lowest BCUT2D eigenvalue weighted by atomic mass is 9.93. The van der Waals surface area contributed by atoms with Gasteiger partial charge in [0.2, 0.25) is 0 Å². The molecular weight excluding hydrogens is 337 g/mol. The minimum absolute atomic E-state index is 0.110. The second kappa shape index (κ2) is 7.93. The van der Waals surface area contributed by atoms with Crippen LogP contribution in [-0.2, 0) is 6.54 Å². The van der Waals surface area contributed by atoms with Crippen LogP contribution in [0, 0.1) is 5.82 Å². The quantitative estimate of drug-likeness (QED) is 0.828. The Balaban J connectivity index is 1.59. The fraction of sp³-hybridized carbons (Fsp3) is 0.400. The summed E-state index contributed by atoms with van der Waals surface area (Å²) >= 11 is 0. The topological polar surface area (TPSA) is 62.2 Å². The summed E-state index contributed by atoms with van der Waals surface area (Å²) in [5, 5.41) is 20.6. The number of phenolic OH excluding ortho intramolecular Hbond substituents is 1. The lowest BCUT2D eigenvalue weighted by Crippen LogP contribution is -2.51. The third-order valence-corrected chi connectivity index (χ3v) is 4.61. The minimum atomic E-state index is -0.951. The zero-order valence-corrected chi connectivity index (χ0v) is 14.8. The van der Waals surface area contributed by atoms with Crippen LogP contribution < -0.4 is 9.47 Å². The number of benzene rings is 2. The zero-order valence-electron chi connectivity index (χ0n) is 14.8. The van der Waals surface area contributed by atoms with Gasteiger partial charge < -0.3 is 19.7 Å². The van der Waals surface area contributed by atoms with Crippen LogP contribution in [-0.4, -0.2) is 47.5 Å². The van der Waals surface area contributed by atoms with Crippen LogP contribution >= 0.6 is 0 Å². The van der Waals surface area contributed by atoms with E-state index in [4.69, 9.17) is 9.47 Å². The molecule has 1 saturated heterocycles. The summed E-state index contributed by atoms with van der Waals surface area (Å²) in [4.78, 5) is 2.16. The molecule has 2 aromatic carbocycles. The Kier molecular flexibility index (Phi) is 5.64. The van der Waals surface area contributed by atoms with Crippen LogP contribution in [0.25, 0.3) is 0 Å². The minimum Gasteiger partial charge on any atom is -0.504 e. The van der Waals surface area contributed by atoms with Gasteiger partial charge in [0.1, 0.15) is 23.8 Å². The molecule has 0 aliphatic carbocycles. The van der Waals surface area contributed by atoms with Crippen molar-refractivity contribution < 1.29 is 24.1 Å². The molecule has 1 aliphatic heterocycles. The summed E-state index contributed by atoms with van der Waals surface area (Å²) in [5.41, 5.74) is 0.0524. The molecule has 0 bridgehead atoms. The average molecular weight is 361 g/mol. The Labute approximate surface area is 152 Å². The van der Waals surface area contributed by atoms with E-state index in [0.717, 1.165) is 18.5 Å². The van der Waals surface area contributed by atoms with Crippen LogP contribution in [0.1, 0.15) is 18.4 Å². The van der Waals surface area contributed by atoms with Gasteiger partial charge in [0.25, 0.3) is 0 Å². The summed E-state index contributed by atoms with van der Waals surface area (Å²) in [6.45, 7) is 2.17. The molecular formula is C20H24FNO4. The Morgan fingerprint density at radius 2 is 1.96 bits per heavy atom. The van der Waals surface area contributed by atoms with E-state index >= 15 is 0 Å². The van der Waals surface area contributed by atoms with Gasteiger partial charge in [-0.05, 0) is 61.3 Å². The highest BCUT2D eigenvalue weighted by atomic mass is 19.1. The molecule has 0 aromatic heterocycles. The molecule has 0 radical (unpaired) electrons. The van der Waals surface area contributed by atoms with E-state index in [1.54, 1.807) is 24.3 Å². The van der Waals surface area contributed by atoms with Gasteiger partial charge in [0.15, 0.2) is 11.5 Å². The van der Waals surface area contributed by atoms with Gasteiger partial charge in [-0.1, -0.05) is 6.07 Å². The van der Waals surface area contributed by atoms with Crippen LogP contribution in [0.5, 0.6) is 17.2 Å². The van der Waals surface area contributed by atoms with E-state index in [1.807, 2.05) is 6.07 Å². The van der Waals surface area contributed by atoms with E-state index in [0.29, 0.717) is 31.0 Å². The van der Waals surface area contributed by atoms with Crippen LogP contribution in [0.2, 0.25) is 0 Å². The summed E-state index contributed by atoms with van der Waals surface area (Å²) in [6, 6.07) is 11.1. The summed E-state index contributed by atoms with van der Waals surface area (Å²) in [5.74, 6) is 0.776. The third kappa shape index (κ3) is 4.65. The van der Waals surface area contributed by atoms with Crippen molar-refractivity contribution >= 4 is 0 Å². The lowest BCUT2D eigenvalue weighted by Gasteiger charge is -2.39. The van der Waals surface area contributed by atoms with E-state index < -0.39 is 5.60 Å². The number of β-amino-alcohol motifs (C(OH)–C–C–N with tert-alkyl or cyclic N) is 1. The number of hydrogen-bond acceptors (Lipinski definition) is 5. The Morgan fingerprint density at radius 3 is 2.69 bits per heavy atom. The predicted octanol–water partition coefficient (Wildman–Crippen LogP) is 2.95. The highest BCUT2D eigenvalue weighted by Crippen LogP contribution is 2.29. The molecule has 1 fully saturated rings. The number of aromatic hydroxyl groups is 1. The van der Waals surface area contributed by atoms with Crippen molar-refractivity contribution in [1.29, 1.82) is 0 Å². The number of likely N-dealkylation sites (tertiary alicyclic amines) is 1. The first-order valence-corrected chi connectivity index (χ1v) is 8.66. The van der Waals surface area contributed by atoms with Gasteiger partial charge >= 0.3 is 0 Å². The van der Waals surface area contributed by atoms with Crippen molar-refractivity contribution in [3.63, 3.8) is 0 Å². The molecule has 0 spiro atoms. The van der Waals surface area contributed by atoms with Gasteiger partial charge in [0.05, 0.1) is 7.11 Å². The number of hydrogen-bond donors (Lipinski definition) is 2. The van der Waals surface area contributed by atoms with E-state index in [-0.39, 0.29) is 18.2 Å². The number of aliphatic hydroxyl groups is 1. The fourth-order valence-electron chi connectivity index (χ4n) is 3.29. The highest BCUT2D eigenvalue weighted by Gasteiger charge is 2.34. The maximum absolute atomic E-state index is 13.0. The molecule has 26 heavy (non-hydrogen) atoms. The van der Waals surface area contributed by atoms with Crippen LogP contribution in [0.4, 0.5) is 4.39 Å². The molecule has 5 nitrogen and oxygen atoms in total. The molecule has 2 N–H and O–H groups in total. The van der Waals surface area contributed by atoms with Crippen molar-refractivity contribution in [2.45, 2.75) is 25.0 Å². The number of nitrogens with zero attached hydrogens (tertiary/aromatic N) is 1. The third-order valence-electron chi connectivity index (χ3n) is 4.61. The first-order chi connectivity index (χ1) is 12.5. The van der Waals surface area contributed by atoms with Crippen molar-refractivity contribution in [2.75, 3.05) is 26.8 Å². The summed E-state index contributed by atoms with van der Waals surface area (Å²) in [6.07, 6.45) is 1.52. The van der Waals surface area contributed by atoms with Gasteiger partial charge in [-0.25, -0.2) is 4.39 Å². The predicted molar refractivity (Wildman–Crippen MR) is 96.0 cm³/mol. The molecule has 3 rings (SSSR count). The first-order valence-electron chi connectivity index (χ1n) is 8.66. The Bertz CT molecular complexity index is 737. The molecule has 140 valence electrons. The SMILES string of the molecule is COc1cc(CN2CCCC(O)(COc3ccc(F)cc3)C2)ccc1O. The van der Waals surface area contributed by atoms with Gasteiger partial charge in [-0.2, -0.15) is 0 Å². The second-order valence-corrected chi connectivity index (χ2v) is 6.79. The van der Waals surface area contributed by atoms with Crippen LogP contribution in [0.3, 0.4) is 0 Å². The van der Waals surface area contributed by atoms with Gasteiger partial charge in [0, 0.05) is 13.1 Å². The second-order valence-electron chi connectivity index (χ2n) is 6.79. The number of halogens is 1. The van der Waals surface area contributed by atoms with Crippen molar-refractivity contribution in [1.82, 2.24) is 4.90 Å². The standard InChI is InChI=1S/C20H24FNO4/c1-25-19-11-15(3-8-18(19)23)12-22-10-2-9-20(24,13-22)14-26-17-6-4-16(21)5-7-17/h3-8,11,23-24H,2,9-10,12-14H2,1H3. The van der Waals surface area contributed by atoms with E-state index in [9.17, 15) is 14.6 Å². The molecule has 2 aromatic rings. The largest absolute Gasteiger partial charge is 0.504 e. The molecule has 1 atom stereocenters. The highest BCUT2D eigenvalue weighted by molar-refractivity contribution is 5.41. The first kappa shape index (κ1) is 18.5. The molecule has 1 aliphatic rings. The van der Waals surface area contributed by atoms with E-state index in [2.05, 4.69) is 4.90 Å². The number of methoxy groups -OCH3 is 1. The smallest absolute Gasteiger partial charge is 0.160 e. The number of piperidine rings is 1. The Hall–Kier alpha value is -2.31. The summed E-state index contributed by atoms with van der Waals surface area (Å²) < 4.78 is 23.8. The molecule has 0 saturated carbocycles. The monoisotopic (exact) mass is 361 g/mol. The van der Waals surface area contributed by atoms with Crippen molar-refractivity contribution in [2.24, 2.45) is 0 Å². The lowest BCUT2D eigenvalue weighted by molar-refractivity contribution is -0.0621. The number of rotatable bonds is 6. The normalized spacial score (nSPS) is 20.7. The number of phenols is 1. The molecule has 0 amide bonds.